The Morgan fingerprint density at radius 2 is 1.45 bits per heavy atom. The van der Waals surface area contributed by atoms with E-state index in [1.165, 1.54) is 4.90 Å². The van der Waals surface area contributed by atoms with Gasteiger partial charge in [0.25, 0.3) is 11.6 Å². The number of alkyl halides is 7. The minimum absolute atomic E-state index is 0.149. The van der Waals surface area contributed by atoms with Gasteiger partial charge in [-0.25, -0.2) is 4.39 Å². The van der Waals surface area contributed by atoms with Crippen LogP contribution in [0.1, 0.15) is 53.9 Å². The van der Waals surface area contributed by atoms with Crippen molar-refractivity contribution in [2.24, 2.45) is 5.41 Å². The summed E-state index contributed by atoms with van der Waals surface area (Å²) in [5.41, 5.74) is -4.96. The topological polar surface area (TPSA) is 66.7 Å². The lowest BCUT2D eigenvalue weighted by Gasteiger charge is -2.39. The first-order valence-corrected chi connectivity index (χ1v) is 10.4. The normalized spacial score (nSPS) is 19.4. The molecular weight excluding hydrogens is 463 g/mol. The highest BCUT2D eigenvalue weighted by Gasteiger charge is 2.72. The van der Waals surface area contributed by atoms with Crippen LogP contribution in [0.5, 0.6) is 0 Å². The predicted molar refractivity (Wildman–Crippen MR) is 99.9 cm³/mol. The summed E-state index contributed by atoms with van der Waals surface area (Å²) < 4.78 is 95.1. The van der Waals surface area contributed by atoms with Crippen LogP contribution in [0.25, 0.3) is 0 Å². The maximum absolute atomic E-state index is 13.8. The number of hydrogen-bond donors (Lipinski definition) is 0. The summed E-state index contributed by atoms with van der Waals surface area (Å²) in [6.07, 6.45) is -14.0. The van der Waals surface area contributed by atoms with Gasteiger partial charge in [0.1, 0.15) is 11.3 Å². The van der Waals surface area contributed by atoms with E-state index in [9.17, 15) is 40.3 Å². The fourth-order valence-corrected chi connectivity index (χ4v) is 4.57. The Balaban J connectivity index is 1.57. The molecular formula is C20H24F7N3O3. The molecule has 6 nitrogen and oxygen atoms in total. The van der Waals surface area contributed by atoms with E-state index in [1.807, 2.05) is 0 Å². The molecule has 13 heteroatoms. The van der Waals surface area contributed by atoms with Crippen molar-refractivity contribution in [2.45, 2.75) is 64.0 Å². The lowest BCUT2D eigenvalue weighted by Crippen LogP contribution is -2.53. The molecule has 0 saturated carbocycles. The molecule has 3 heterocycles. The van der Waals surface area contributed by atoms with E-state index >= 15 is 0 Å². The highest BCUT2D eigenvalue weighted by atomic mass is 19.4. The molecule has 3 rings (SSSR count). The molecule has 1 spiro atoms. The van der Waals surface area contributed by atoms with Crippen molar-refractivity contribution < 1.29 is 44.8 Å². The molecule has 1 aromatic rings. The van der Waals surface area contributed by atoms with Gasteiger partial charge < -0.3 is 14.3 Å². The quantitative estimate of drug-likeness (QED) is 0.592. The second-order valence-electron chi connectivity index (χ2n) is 8.85. The Morgan fingerprint density at radius 1 is 0.939 bits per heavy atom. The van der Waals surface area contributed by atoms with Crippen LogP contribution >= 0.6 is 0 Å². The number of halogens is 7. The molecule has 2 aliphatic heterocycles. The molecule has 0 aliphatic carbocycles. The molecule has 0 N–H and O–H groups in total. The molecule has 0 bridgehead atoms. The monoisotopic (exact) mass is 487 g/mol. The molecule has 2 fully saturated rings. The highest BCUT2D eigenvalue weighted by molar-refractivity contribution is 5.96. The Labute approximate surface area is 185 Å². The van der Waals surface area contributed by atoms with Crippen molar-refractivity contribution in [3.05, 3.63) is 17.0 Å². The van der Waals surface area contributed by atoms with Gasteiger partial charge in [0.2, 0.25) is 5.91 Å². The average molecular weight is 487 g/mol. The van der Waals surface area contributed by atoms with E-state index in [0.29, 0.717) is 49.4 Å². The molecule has 0 atom stereocenters. The fraction of sp³-hybridized carbons (Fsp3) is 0.750. The molecule has 2 amide bonds. The van der Waals surface area contributed by atoms with Gasteiger partial charge in [-0.1, -0.05) is 5.16 Å². The zero-order valence-corrected chi connectivity index (χ0v) is 18.1. The van der Waals surface area contributed by atoms with Gasteiger partial charge >= 0.3 is 12.4 Å². The number of piperidine rings is 1. The molecule has 0 unspecified atom stereocenters. The Morgan fingerprint density at radius 3 is 1.91 bits per heavy atom. The average Bonchev–Trinajstić information content (AvgIpc) is 3.27. The first-order chi connectivity index (χ1) is 15.1. The number of likely N-dealkylation sites (tertiary alicyclic amines) is 2. The van der Waals surface area contributed by atoms with E-state index in [4.69, 9.17) is 4.52 Å². The lowest BCUT2D eigenvalue weighted by atomic mass is 9.77. The van der Waals surface area contributed by atoms with Gasteiger partial charge in [-0.05, 0) is 38.5 Å². The van der Waals surface area contributed by atoms with Crippen LogP contribution in [0.15, 0.2) is 4.52 Å². The summed E-state index contributed by atoms with van der Waals surface area (Å²) in [4.78, 5) is 27.9. The van der Waals surface area contributed by atoms with E-state index in [2.05, 4.69) is 5.16 Å². The molecule has 1 aromatic heterocycles. The minimum atomic E-state index is -6.17. The van der Waals surface area contributed by atoms with Crippen molar-refractivity contribution >= 4 is 11.8 Å². The van der Waals surface area contributed by atoms with Gasteiger partial charge in [-0.2, -0.15) is 26.3 Å². The maximum Gasteiger partial charge on any atom is 0.431 e. The second-order valence-corrected chi connectivity index (χ2v) is 8.85. The van der Waals surface area contributed by atoms with Gasteiger partial charge in [-0.3, -0.25) is 9.59 Å². The SMILES string of the molecule is Cc1noc(C)c1C(=O)N1CCC2(CCN(C(=O)CCC(F)(C(F)(F)F)C(F)(F)F)C2)CC1. The van der Waals surface area contributed by atoms with Crippen LogP contribution in [0.2, 0.25) is 0 Å². The number of aryl methyl sites for hydroxylation is 2. The number of carbonyl (C=O) groups is 2. The minimum Gasteiger partial charge on any atom is -0.361 e. The lowest BCUT2D eigenvalue weighted by molar-refractivity contribution is -0.343. The number of rotatable bonds is 4. The van der Waals surface area contributed by atoms with Crippen LogP contribution in [-0.4, -0.2) is 71.0 Å². The Bertz CT molecular complexity index is 868. The zero-order valence-electron chi connectivity index (χ0n) is 18.1. The fourth-order valence-electron chi connectivity index (χ4n) is 4.57. The number of carbonyl (C=O) groups excluding carboxylic acids is 2. The third-order valence-corrected chi connectivity index (χ3v) is 6.73. The summed E-state index contributed by atoms with van der Waals surface area (Å²) in [5, 5.41) is 3.76. The van der Waals surface area contributed by atoms with E-state index in [1.54, 1.807) is 18.7 Å². The molecule has 0 aromatic carbocycles. The third-order valence-electron chi connectivity index (χ3n) is 6.73. The van der Waals surface area contributed by atoms with Crippen molar-refractivity contribution in [3.63, 3.8) is 0 Å². The van der Waals surface area contributed by atoms with Crippen LogP contribution in [0.4, 0.5) is 30.7 Å². The molecule has 33 heavy (non-hydrogen) atoms. The van der Waals surface area contributed by atoms with Crippen LogP contribution in [0.3, 0.4) is 0 Å². The molecule has 0 radical (unpaired) electrons. The van der Waals surface area contributed by atoms with Crippen LogP contribution in [0, 0.1) is 19.3 Å². The van der Waals surface area contributed by atoms with Gasteiger partial charge in [0.05, 0.1) is 5.69 Å². The first-order valence-electron chi connectivity index (χ1n) is 10.4. The molecule has 186 valence electrons. The molecule has 2 saturated heterocycles. The highest BCUT2D eigenvalue weighted by Crippen LogP contribution is 2.49. The summed E-state index contributed by atoms with van der Waals surface area (Å²) in [7, 11) is 0. The second kappa shape index (κ2) is 8.46. The predicted octanol–water partition coefficient (Wildman–Crippen LogP) is 4.36. The zero-order chi connectivity index (χ0) is 24.8. The van der Waals surface area contributed by atoms with E-state index in [-0.39, 0.29) is 24.4 Å². The summed E-state index contributed by atoms with van der Waals surface area (Å²) in [6, 6.07) is 0. The van der Waals surface area contributed by atoms with Gasteiger partial charge in [-0.15, -0.1) is 0 Å². The van der Waals surface area contributed by atoms with Crippen molar-refractivity contribution in [2.75, 3.05) is 26.2 Å². The Kier molecular flexibility index (Phi) is 6.48. The number of aromatic nitrogens is 1. The summed E-state index contributed by atoms with van der Waals surface area (Å²) >= 11 is 0. The number of amides is 2. The maximum atomic E-state index is 13.8. The van der Waals surface area contributed by atoms with E-state index in [0.717, 1.165) is 0 Å². The van der Waals surface area contributed by atoms with Crippen molar-refractivity contribution in [1.29, 1.82) is 0 Å². The smallest absolute Gasteiger partial charge is 0.361 e. The van der Waals surface area contributed by atoms with Crippen LogP contribution in [-0.2, 0) is 4.79 Å². The van der Waals surface area contributed by atoms with Gasteiger partial charge in [0, 0.05) is 39.0 Å². The first kappa shape index (κ1) is 25.3. The van der Waals surface area contributed by atoms with Gasteiger partial charge in [0.15, 0.2) is 0 Å². The largest absolute Gasteiger partial charge is 0.431 e. The van der Waals surface area contributed by atoms with E-state index < -0.39 is 36.8 Å². The standard InChI is InChI=1S/C20H24F7N3O3/c1-12-15(13(2)33-28-12)16(32)29-8-5-17(6-9-29)7-10-30(11-17)14(31)3-4-18(21,19(22,23)24)20(25,26)27/h3-11H2,1-2H3. The number of hydrogen-bond acceptors (Lipinski definition) is 4. The number of nitrogens with zero attached hydrogens (tertiary/aromatic N) is 3. The summed E-state index contributed by atoms with van der Waals surface area (Å²) in [5.74, 6) is -0.778. The van der Waals surface area contributed by atoms with Crippen molar-refractivity contribution in [1.82, 2.24) is 15.0 Å². The Hall–Kier alpha value is -2.34. The van der Waals surface area contributed by atoms with Crippen molar-refractivity contribution in [3.8, 4) is 0 Å². The van der Waals surface area contributed by atoms with Crippen LogP contribution < -0.4 is 0 Å². The molecule has 2 aliphatic rings. The summed E-state index contributed by atoms with van der Waals surface area (Å²) in [6.45, 7) is 4.34. The third kappa shape index (κ3) is 4.68.